The van der Waals surface area contributed by atoms with Gasteiger partial charge in [-0.05, 0) is 62.4 Å². The van der Waals surface area contributed by atoms with Crippen molar-refractivity contribution in [3.63, 3.8) is 0 Å². The van der Waals surface area contributed by atoms with Crippen LogP contribution in [0.15, 0.2) is 60.8 Å². The molecular formula is C22H27NO4. The van der Waals surface area contributed by atoms with Crippen LogP contribution in [0.3, 0.4) is 0 Å². The first-order valence-electron chi connectivity index (χ1n) is 8.70. The van der Waals surface area contributed by atoms with E-state index in [2.05, 4.69) is 63.0 Å². The molecule has 27 heavy (non-hydrogen) atoms. The van der Waals surface area contributed by atoms with E-state index in [-0.39, 0.29) is 5.60 Å². The first-order valence-corrected chi connectivity index (χ1v) is 8.70. The predicted octanol–water partition coefficient (Wildman–Crippen LogP) is 4.97. The summed E-state index contributed by atoms with van der Waals surface area (Å²) in [4.78, 5) is 22.0. The standard InChI is InChI=1S/C14H11N.C5H10O2.C3H6O2/c1-2-4-11(5-3-1)12-6-7-14-13(10-12)8-9-15-14;1-5(2,3)7-4-6;1-2-5-3-4/h1-10,15H;4H,1-3H3;3H,2H2,1H3. The molecule has 0 bridgehead atoms. The van der Waals surface area contributed by atoms with Crippen molar-refractivity contribution in [1.29, 1.82) is 0 Å². The summed E-state index contributed by atoms with van der Waals surface area (Å²) in [5, 5.41) is 1.26. The molecule has 2 aromatic carbocycles. The summed E-state index contributed by atoms with van der Waals surface area (Å²) >= 11 is 0. The number of aromatic amines is 1. The maximum absolute atomic E-state index is 9.60. The van der Waals surface area contributed by atoms with Crippen molar-refractivity contribution >= 4 is 23.8 Å². The average Bonchev–Trinajstić information content (AvgIpc) is 3.11. The topological polar surface area (TPSA) is 68.4 Å². The van der Waals surface area contributed by atoms with Gasteiger partial charge in [0.05, 0.1) is 6.61 Å². The average molecular weight is 369 g/mol. The van der Waals surface area contributed by atoms with Crippen LogP contribution in [0.5, 0.6) is 0 Å². The Labute approximate surface area is 160 Å². The highest BCUT2D eigenvalue weighted by Crippen LogP contribution is 2.23. The molecule has 0 aliphatic rings. The van der Waals surface area contributed by atoms with Gasteiger partial charge in [0.15, 0.2) is 0 Å². The molecule has 1 N–H and O–H groups in total. The lowest BCUT2D eigenvalue weighted by Crippen LogP contribution is -2.17. The fourth-order valence-electron chi connectivity index (χ4n) is 2.08. The van der Waals surface area contributed by atoms with Crippen molar-refractivity contribution in [2.45, 2.75) is 33.3 Å². The minimum absolute atomic E-state index is 0.318. The highest BCUT2D eigenvalue weighted by Gasteiger charge is 2.07. The van der Waals surface area contributed by atoms with Gasteiger partial charge in [-0.15, -0.1) is 0 Å². The van der Waals surface area contributed by atoms with E-state index < -0.39 is 0 Å². The normalized spacial score (nSPS) is 9.93. The lowest BCUT2D eigenvalue weighted by molar-refractivity contribution is -0.138. The minimum atomic E-state index is -0.318. The molecule has 1 heterocycles. The van der Waals surface area contributed by atoms with E-state index in [1.54, 1.807) is 6.92 Å². The third-order valence-electron chi connectivity index (χ3n) is 3.30. The Bertz CT molecular complexity index is 804. The van der Waals surface area contributed by atoms with E-state index in [9.17, 15) is 9.59 Å². The first kappa shape index (κ1) is 22.0. The maximum Gasteiger partial charge on any atom is 0.293 e. The molecule has 5 nitrogen and oxygen atoms in total. The van der Waals surface area contributed by atoms with Crippen molar-refractivity contribution in [1.82, 2.24) is 4.98 Å². The van der Waals surface area contributed by atoms with Gasteiger partial charge in [-0.3, -0.25) is 9.59 Å². The summed E-state index contributed by atoms with van der Waals surface area (Å²) in [5.74, 6) is 0. The molecule has 0 aliphatic carbocycles. The molecule has 0 unspecified atom stereocenters. The highest BCUT2D eigenvalue weighted by atomic mass is 16.5. The number of carbonyl (C=O) groups excluding carboxylic acids is 2. The van der Waals surface area contributed by atoms with Gasteiger partial charge in [0.25, 0.3) is 12.9 Å². The third-order valence-corrected chi connectivity index (χ3v) is 3.30. The number of fused-ring (bicyclic) bond motifs is 1. The molecule has 0 spiro atoms. The molecule has 0 fully saturated rings. The SMILES string of the molecule is CC(C)(C)OC=O.CCOC=O.c1ccc(-c2ccc3[nH]ccc3c2)cc1. The van der Waals surface area contributed by atoms with Gasteiger partial charge in [-0.2, -0.15) is 0 Å². The molecule has 144 valence electrons. The zero-order valence-electron chi connectivity index (χ0n) is 16.3. The molecule has 0 saturated heterocycles. The quantitative estimate of drug-likeness (QED) is 0.659. The number of ether oxygens (including phenoxy) is 2. The van der Waals surface area contributed by atoms with Crippen LogP contribution in [0.2, 0.25) is 0 Å². The summed E-state index contributed by atoms with van der Waals surface area (Å²) in [5.41, 5.74) is 3.40. The molecule has 3 aromatic rings. The molecule has 0 atom stereocenters. The number of carbonyl (C=O) groups is 2. The summed E-state index contributed by atoms with van der Waals surface area (Å²) in [7, 11) is 0. The number of benzene rings is 2. The van der Waals surface area contributed by atoms with Gasteiger partial charge < -0.3 is 14.5 Å². The van der Waals surface area contributed by atoms with E-state index in [0.717, 1.165) is 0 Å². The lowest BCUT2D eigenvalue weighted by Gasteiger charge is -2.14. The number of hydrogen-bond donors (Lipinski definition) is 1. The largest absolute Gasteiger partial charge is 0.468 e. The number of aromatic nitrogens is 1. The van der Waals surface area contributed by atoms with Crippen molar-refractivity contribution in [3.8, 4) is 11.1 Å². The predicted molar refractivity (Wildman–Crippen MR) is 108 cm³/mol. The van der Waals surface area contributed by atoms with Crippen LogP contribution in [-0.4, -0.2) is 30.1 Å². The Hall–Kier alpha value is -3.08. The Balaban J connectivity index is 0.000000256. The van der Waals surface area contributed by atoms with Crippen LogP contribution < -0.4 is 0 Å². The summed E-state index contributed by atoms with van der Waals surface area (Å²) < 4.78 is 8.70. The fourth-order valence-corrected chi connectivity index (χ4v) is 2.08. The first-order chi connectivity index (χ1) is 12.9. The molecule has 0 radical (unpaired) electrons. The van der Waals surface area contributed by atoms with Gasteiger partial charge in [0.2, 0.25) is 0 Å². The van der Waals surface area contributed by atoms with Crippen LogP contribution in [0.4, 0.5) is 0 Å². The minimum Gasteiger partial charge on any atom is -0.468 e. The van der Waals surface area contributed by atoms with Gasteiger partial charge in [-0.25, -0.2) is 0 Å². The van der Waals surface area contributed by atoms with Gasteiger partial charge in [0, 0.05) is 11.7 Å². The number of nitrogens with one attached hydrogen (secondary N) is 1. The Morgan fingerprint density at radius 2 is 1.63 bits per heavy atom. The van der Waals surface area contributed by atoms with Crippen molar-refractivity contribution in [3.05, 3.63) is 60.8 Å². The van der Waals surface area contributed by atoms with E-state index in [0.29, 0.717) is 19.6 Å². The number of H-pyrrole nitrogens is 1. The second-order valence-corrected chi connectivity index (χ2v) is 6.52. The summed E-state index contributed by atoms with van der Waals surface area (Å²) in [6, 6.07) is 19.0. The van der Waals surface area contributed by atoms with Gasteiger partial charge >= 0.3 is 0 Å². The van der Waals surface area contributed by atoms with Gasteiger partial charge in [0.1, 0.15) is 5.60 Å². The number of rotatable bonds is 4. The summed E-state index contributed by atoms with van der Waals surface area (Å²) in [6.07, 6.45) is 1.97. The second-order valence-electron chi connectivity index (χ2n) is 6.52. The Kier molecular flexibility index (Phi) is 9.37. The lowest BCUT2D eigenvalue weighted by atomic mass is 10.0. The van der Waals surface area contributed by atoms with Gasteiger partial charge in [-0.1, -0.05) is 36.4 Å². The van der Waals surface area contributed by atoms with Crippen molar-refractivity contribution in [2.24, 2.45) is 0 Å². The van der Waals surface area contributed by atoms with Crippen LogP contribution >= 0.6 is 0 Å². The zero-order chi connectivity index (χ0) is 20.1. The van der Waals surface area contributed by atoms with Crippen LogP contribution in [0, 0.1) is 0 Å². The highest BCUT2D eigenvalue weighted by molar-refractivity contribution is 5.84. The fraction of sp³-hybridized carbons (Fsp3) is 0.273. The third kappa shape index (κ3) is 8.72. The van der Waals surface area contributed by atoms with E-state index in [1.807, 2.05) is 33.0 Å². The maximum atomic E-state index is 9.60. The Morgan fingerprint density at radius 3 is 2.11 bits per heavy atom. The van der Waals surface area contributed by atoms with Crippen molar-refractivity contribution < 1.29 is 19.1 Å². The van der Waals surface area contributed by atoms with Crippen LogP contribution in [0.25, 0.3) is 22.0 Å². The van der Waals surface area contributed by atoms with Crippen molar-refractivity contribution in [2.75, 3.05) is 6.61 Å². The molecular weight excluding hydrogens is 342 g/mol. The molecule has 3 rings (SSSR count). The number of hydrogen-bond acceptors (Lipinski definition) is 4. The zero-order valence-corrected chi connectivity index (χ0v) is 16.3. The molecule has 0 amide bonds. The monoisotopic (exact) mass is 369 g/mol. The molecule has 0 saturated carbocycles. The van der Waals surface area contributed by atoms with Crippen LogP contribution in [0.1, 0.15) is 27.7 Å². The van der Waals surface area contributed by atoms with E-state index in [1.165, 1.54) is 22.0 Å². The smallest absolute Gasteiger partial charge is 0.293 e. The summed E-state index contributed by atoms with van der Waals surface area (Å²) in [6.45, 7) is 8.59. The van der Waals surface area contributed by atoms with E-state index in [4.69, 9.17) is 0 Å². The van der Waals surface area contributed by atoms with E-state index >= 15 is 0 Å². The molecule has 1 aromatic heterocycles. The second kappa shape index (κ2) is 11.5. The van der Waals surface area contributed by atoms with Crippen LogP contribution in [-0.2, 0) is 19.1 Å². The molecule has 5 heteroatoms. The molecule has 0 aliphatic heterocycles. The Morgan fingerprint density at radius 1 is 0.926 bits per heavy atom.